The summed E-state index contributed by atoms with van der Waals surface area (Å²) < 4.78 is 26.6. The van der Waals surface area contributed by atoms with Gasteiger partial charge in [0.15, 0.2) is 0 Å². The zero-order valence-electron chi connectivity index (χ0n) is 12.4. The van der Waals surface area contributed by atoms with Crippen LogP contribution in [0.2, 0.25) is 0 Å². The Hall–Kier alpha value is -1.45. The van der Waals surface area contributed by atoms with Crippen molar-refractivity contribution < 1.29 is 18.0 Å². The quantitative estimate of drug-likeness (QED) is 0.813. The Kier molecular flexibility index (Phi) is 4.88. The molecule has 1 aliphatic rings. The molecule has 7 nitrogen and oxygen atoms in total. The van der Waals surface area contributed by atoms with Gasteiger partial charge < -0.3 is 11.1 Å². The van der Waals surface area contributed by atoms with Gasteiger partial charge in [-0.2, -0.15) is 4.31 Å². The summed E-state index contributed by atoms with van der Waals surface area (Å²) in [5.74, 6) is -0.803. The normalized spacial score (nSPS) is 20.7. The van der Waals surface area contributed by atoms with E-state index in [0.717, 1.165) is 16.2 Å². The van der Waals surface area contributed by atoms with Gasteiger partial charge in [0, 0.05) is 18.3 Å². The fourth-order valence-electron chi connectivity index (χ4n) is 2.51. The first kappa shape index (κ1) is 16.9. The SMILES string of the molecule is CC(=O)NC(C)c1ccc(S(=O)(=O)N2CCCC2C(N)=O)s1. The lowest BCUT2D eigenvalue weighted by Crippen LogP contribution is -2.43. The summed E-state index contributed by atoms with van der Waals surface area (Å²) in [6, 6.07) is 2.14. The molecule has 122 valence electrons. The smallest absolute Gasteiger partial charge is 0.253 e. The number of carbonyl (C=O) groups excluding carboxylic acids is 2. The van der Waals surface area contributed by atoms with Gasteiger partial charge in [0.2, 0.25) is 11.8 Å². The number of carbonyl (C=O) groups is 2. The summed E-state index contributed by atoms with van der Waals surface area (Å²) in [6.07, 6.45) is 1.07. The Balaban J connectivity index is 2.25. The van der Waals surface area contributed by atoms with Crippen LogP contribution in [0.4, 0.5) is 0 Å². The minimum Gasteiger partial charge on any atom is -0.368 e. The Labute approximate surface area is 133 Å². The molecule has 0 radical (unpaired) electrons. The van der Waals surface area contributed by atoms with E-state index in [1.54, 1.807) is 13.0 Å². The highest BCUT2D eigenvalue weighted by molar-refractivity contribution is 7.91. The molecule has 0 spiro atoms. The molecule has 0 bridgehead atoms. The van der Waals surface area contributed by atoms with Gasteiger partial charge in [0.05, 0.1) is 6.04 Å². The van der Waals surface area contributed by atoms with Gasteiger partial charge in [0.25, 0.3) is 10.0 Å². The predicted molar refractivity (Wildman–Crippen MR) is 82.7 cm³/mol. The maximum absolute atomic E-state index is 12.6. The van der Waals surface area contributed by atoms with Crippen molar-refractivity contribution in [2.24, 2.45) is 5.73 Å². The third kappa shape index (κ3) is 3.31. The van der Waals surface area contributed by atoms with E-state index in [2.05, 4.69) is 5.32 Å². The molecule has 3 N–H and O–H groups in total. The lowest BCUT2D eigenvalue weighted by molar-refractivity contribution is -0.121. The number of nitrogens with two attached hydrogens (primary N) is 1. The lowest BCUT2D eigenvalue weighted by Gasteiger charge is -2.20. The fraction of sp³-hybridized carbons (Fsp3) is 0.538. The average Bonchev–Trinajstić information content (AvgIpc) is 3.08. The molecule has 1 saturated heterocycles. The summed E-state index contributed by atoms with van der Waals surface area (Å²) in [6.45, 7) is 3.49. The van der Waals surface area contributed by atoms with E-state index in [1.807, 2.05) is 0 Å². The highest BCUT2D eigenvalue weighted by Gasteiger charge is 2.39. The topological polar surface area (TPSA) is 110 Å². The minimum absolute atomic E-state index is 0.160. The van der Waals surface area contributed by atoms with E-state index in [4.69, 9.17) is 5.73 Å². The predicted octanol–water partition coefficient (Wildman–Crippen LogP) is 0.584. The molecule has 1 aromatic rings. The van der Waals surface area contributed by atoms with E-state index in [-0.39, 0.29) is 16.2 Å². The minimum atomic E-state index is -3.74. The molecule has 22 heavy (non-hydrogen) atoms. The van der Waals surface area contributed by atoms with E-state index in [9.17, 15) is 18.0 Å². The Bertz CT molecular complexity index is 683. The molecule has 0 aromatic carbocycles. The number of primary amides is 1. The molecule has 2 rings (SSSR count). The van der Waals surface area contributed by atoms with E-state index >= 15 is 0 Å². The maximum Gasteiger partial charge on any atom is 0.253 e. The monoisotopic (exact) mass is 345 g/mol. The number of amides is 2. The van der Waals surface area contributed by atoms with Crippen molar-refractivity contribution in [2.45, 2.75) is 43.0 Å². The molecule has 2 amide bonds. The molecular formula is C13H19N3O4S2. The van der Waals surface area contributed by atoms with Gasteiger partial charge in [-0.3, -0.25) is 9.59 Å². The van der Waals surface area contributed by atoms with E-state index in [1.165, 1.54) is 17.3 Å². The number of hydrogen-bond acceptors (Lipinski definition) is 5. The summed E-state index contributed by atoms with van der Waals surface area (Å²) in [5, 5.41) is 2.71. The molecular weight excluding hydrogens is 326 g/mol. The second kappa shape index (κ2) is 6.35. The molecule has 0 saturated carbocycles. The number of thiophene rings is 1. The molecule has 2 heterocycles. The average molecular weight is 345 g/mol. The third-order valence-corrected chi connectivity index (χ3v) is 7.19. The van der Waals surface area contributed by atoms with Crippen LogP contribution < -0.4 is 11.1 Å². The van der Waals surface area contributed by atoms with Crippen LogP contribution in [0.1, 0.15) is 37.6 Å². The summed E-state index contributed by atoms with van der Waals surface area (Å²) >= 11 is 1.09. The largest absolute Gasteiger partial charge is 0.368 e. The van der Waals surface area contributed by atoms with Crippen molar-refractivity contribution in [2.75, 3.05) is 6.54 Å². The number of nitrogens with one attached hydrogen (secondary N) is 1. The highest BCUT2D eigenvalue weighted by Crippen LogP contribution is 2.32. The van der Waals surface area contributed by atoms with Gasteiger partial charge in [-0.1, -0.05) is 0 Å². The molecule has 9 heteroatoms. The van der Waals surface area contributed by atoms with Crippen LogP contribution in [0, 0.1) is 0 Å². The standard InChI is InChI=1S/C13H19N3O4S2/c1-8(15-9(2)17)11-5-6-12(21-11)22(19,20)16-7-3-4-10(16)13(14)18/h5-6,8,10H,3-4,7H2,1-2H3,(H2,14,18)(H,15,17). The van der Waals surface area contributed by atoms with Crippen LogP contribution in [0.5, 0.6) is 0 Å². The van der Waals surface area contributed by atoms with Gasteiger partial charge in [-0.05, 0) is 31.9 Å². The van der Waals surface area contributed by atoms with E-state index in [0.29, 0.717) is 19.4 Å². The fourth-order valence-corrected chi connectivity index (χ4v) is 5.63. The highest BCUT2D eigenvalue weighted by atomic mass is 32.2. The number of hydrogen-bond donors (Lipinski definition) is 2. The number of sulfonamides is 1. The molecule has 1 fully saturated rings. The van der Waals surface area contributed by atoms with Gasteiger partial charge in [0.1, 0.15) is 10.3 Å². The van der Waals surface area contributed by atoms with Crippen LogP contribution >= 0.6 is 11.3 Å². The van der Waals surface area contributed by atoms with Crippen LogP contribution in [0.25, 0.3) is 0 Å². The van der Waals surface area contributed by atoms with Crippen molar-refractivity contribution >= 4 is 33.2 Å². The molecule has 1 aromatic heterocycles. The first-order chi connectivity index (χ1) is 10.2. The Morgan fingerprint density at radius 3 is 2.73 bits per heavy atom. The maximum atomic E-state index is 12.6. The van der Waals surface area contributed by atoms with Crippen molar-refractivity contribution in [3.8, 4) is 0 Å². The second-order valence-electron chi connectivity index (χ2n) is 5.26. The van der Waals surface area contributed by atoms with Crippen LogP contribution in [-0.4, -0.2) is 37.1 Å². The van der Waals surface area contributed by atoms with Gasteiger partial charge in [-0.15, -0.1) is 11.3 Å². The number of rotatable bonds is 5. The third-order valence-electron chi connectivity index (χ3n) is 3.54. The van der Waals surface area contributed by atoms with Crippen molar-refractivity contribution in [3.63, 3.8) is 0 Å². The van der Waals surface area contributed by atoms with Crippen LogP contribution in [0.3, 0.4) is 0 Å². The van der Waals surface area contributed by atoms with Gasteiger partial charge >= 0.3 is 0 Å². The van der Waals surface area contributed by atoms with Crippen molar-refractivity contribution in [1.82, 2.24) is 9.62 Å². The summed E-state index contributed by atoms with van der Waals surface area (Å²) in [5.41, 5.74) is 5.28. The van der Waals surface area contributed by atoms with Crippen LogP contribution in [-0.2, 0) is 19.6 Å². The molecule has 0 aliphatic carbocycles. The number of nitrogens with zero attached hydrogens (tertiary/aromatic N) is 1. The second-order valence-corrected chi connectivity index (χ2v) is 8.49. The lowest BCUT2D eigenvalue weighted by atomic mass is 10.2. The van der Waals surface area contributed by atoms with Crippen LogP contribution in [0.15, 0.2) is 16.3 Å². The van der Waals surface area contributed by atoms with Gasteiger partial charge in [-0.25, -0.2) is 8.42 Å². The zero-order chi connectivity index (χ0) is 16.5. The Morgan fingerprint density at radius 1 is 1.45 bits per heavy atom. The molecule has 2 atom stereocenters. The summed E-state index contributed by atoms with van der Waals surface area (Å²) in [4.78, 5) is 23.2. The first-order valence-electron chi connectivity index (χ1n) is 6.91. The van der Waals surface area contributed by atoms with Crippen molar-refractivity contribution in [1.29, 1.82) is 0 Å². The Morgan fingerprint density at radius 2 is 2.14 bits per heavy atom. The zero-order valence-corrected chi connectivity index (χ0v) is 14.0. The summed E-state index contributed by atoms with van der Waals surface area (Å²) in [7, 11) is -3.74. The van der Waals surface area contributed by atoms with E-state index < -0.39 is 22.0 Å². The molecule has 2 unspecified atom stereocenters. The molecule has 1 aliphatic heterocycles. The van der Waals surface area contributed by atoms with Crippen molar-refractivity contribution in [3.05, 3.63) is 17.0 Å². The first-order valence-corrected chi connectivity index (χ1v) is 9.17.